The Balaban J connectivity index is 1.99. The molecule has 3 rings (SSSR count). The first-order chi connectivity index (χ1) is 10.1. The van der Waals surface area contributed by atoms with Gasteiger partial charge < -0.3 is 9.30 Å². The second-order valence-electron chi connectivity index (χ2n) is 5.39. The van der Waals surface area contributed by atoms with Gasteiger partial charge in [0.25, 0.3) is 0 Å². The lowest BCUT2D eigenvalue weighted by molar-refractivity contribution is 0.245. The summed E-state index contributed by atoms with van der Waals surface area (Å²) in [5.41, 5.74) is 2.47. The van der Waals surface area contributed by atoms with E-state index in [9.17, 15) is 0 Å². The molecule has 0 aliphatic carbocycles. The van der Waals surface area contributed by atoms with E-state index in [1.807, 2.05) is 12.1 Å². The number of nitrogens with zero attached hydrogens (tertiary/aromatic N) is 1. The van der Waals surface area contributed by atoms with Crippen molar-refractivity contribution >= 4 is 26.8 Å². The van der Waals surface area contributed by atoms with E-state index in [1.54, 1.807) is 0 Å². The van der Waals surface area contributed by atoms with Crippen LogP contribution in [-0.4, -0.2) is 10.7 Å². The van der Waals surface area contributed by atoms with E-state index in [0.29, 0.717) is 0 Å². The second kappa shape index (κ2) is 5.94. The van der Waals surface area contributed by atoms with Gasteiger partial charge in [-0.05, 0) is 43.7 Å². The first-order valence-corrected chi connectivity index (χ1v) is 7.92. The van der Waals surface area contributed by atoms with E-state index in [-0.39, 0.29) is 6.10 Å². The predicted molar refractivity (Wildman–Crippen MR) is 90.9 cm³/mol. The van der Waals surface area contributed by atoms with Crippen molar-refractivity contribution in [2.75, 3.05) is 0 Å². The third-order valence-corrected chi connectivity index (χ3v) is 4.21. The number of halogens is 1. The average molecular weight is 344 g/mol. The standard InChI is InChI=1S/C18H18BrNO/c1-13(2)21-18-9-5-8-17-15(18)10-11-20(17)12-14-6-3-4-7-16(14)19/h3-11,13H,12H2,1-2H3. The Morgan fingerprint density at radius 2 is 1.86 bits per heavy atom. The van der Waals surface area contributed by atoms with Gasteiger partial charge in [-0.3, -0.25) is 0 Å². The molecule has 0 unspecified atom stereocenters. The van der Waals surface area contributed by atoms with Crippen LogP contribution in [0.3, 0.4) is 0 Å². The highest BCUT2D eigenvalue weighted by atomic mass is 79.9. The molecular weight excluding hydrogens is 326 g/mol. The van der Waals surface area contributed by atoms with Gasteiger partial charge in [0.05, 0.1) is 11.6 Å². The Kier molecular flexibility index (Phi) is 4.02. The maximum atomic E-state index is 5.89. The Hall–Kier alpha value is -1.74. The van der Waals surface area contributed by atoms with Crippen LogP contribution >= 0.6 is 15.9 Å². The molecular formula is C18H18BrNO. The predicted octanol–water partition coefficient (Wildman–Crippen LogP) is 5.24. The summed E-state index contributed by atoms with van der Waals surface area (Å²) in [6.45, 7) is 4.95. The third kappa shape index (κ3) is 2.98. The fourth-order valence-corrected chi connectivity index (χ4v) is 2.91. The second-order valence-corrected chi connectivity index (χ2v) is 6.24. The maximum absolute atomic E-state index is 5.89. The summed E-state index contributed by atoms with van der Waals surface area (Å²) in [6.07, 6.45) is 2.30. The molecule has 3 aromatic rings. The molecule has 2 nitrogen and oxygen atoms in total. The van der Waals surface area contributed by atoms with Gasteiger partial charge in [-0.25, -0.2) is 0 Å². The first-order valence-electron chi connectivity index (χ1n) is 7.13. The summed E-state index contributed by atoms with van der Waals surface area (Å²) in [7, 11) is 0. The number of ether oxygens (including phenoxy) is 1. The van der Waals surface area contributed by atoms with Gasteiger partial charge in [-0.15, -0.1) is 0 Å². The summed E-state index contributed by atoms with van der Waals surface area (Å²) in [5.74, 6) is 0.952. The minimum Gasteiger partial charge on any atom is -0.490 e. The van der Waals surface area contributed by atoms with Crippen LogP contribution in [0.4, 0.5) is 0 Å². The van der Waals surface area contributed by atoms with Crippen LogP contribution in [0, 0.1) is 0 Å². The molecule has 0 saturated heterocycles. The fourth-order valence-electron chi connectivity index (χ4n) is 2.50. The molecule has 3 heteroatoms. The lowest BCUT2D eigenvalue weighted by Crippen LogP contribution is -2.05. The SMILES string of the molecule is CC(C)Oc1cccc2c1ccn2Cc1ccccc1Br. The zero-order chi connectivity index (χ0) is 14.8. The minimum absolute atomic E-state index is 0.183. The molecule has 0 fully saturated rings. The Labute approximate surface area is 133 Å². The molecule has 2 aromatic carbocycles. The summed E-state index contributed by atoms with van der Waals surface area (Å²) >= 11 is 3.62. The van der Waals surface area contributed by atoms with Crippen molar-refractivity contribution in [3.8, 4) is 5.75 Å². The molecule has 0 atom stereocenters. The highest BCUT2D eigenvalue weighted by molar-refractivity contribution is 9.10. The minimum atomic E-state index is 0.183. The topological polar surface area (TPSA) is 14.2 Å². The van der Waals surface area contributed by atoms with E-state index in [4.69, 9.17) is 4.74 Å². The zero-order valence-electron chi connectivity index (χ0n) is 12.2. The van der Waals surface area contributed by atoms with Gasteiger partial charge in [0.15, 0.2) is 0 Å². The maximum Gasteiger partial charge on any atom is 0.129 e. The van der Waals surface area contributed by atoms with Gasteiger partial charge in [0, 0.05) is 22.6 Å². The Morgan fingerprint density at radius 3 is 2.62 bits per heavy atom. The van der Waals surface area contributed by atoms with E-state index in [1.165, 1.54) is 16.5 Å². The largest absolute Gasteiger partial charge is 0.490 e. The zero-order valence-corrected chi connectivity index (χ0v) is 13.8. The third-order valence-electron chi connectivity index (χ3n) is 3.43. The quantitative estimate of drug-likeness (QED) is 0.631. The van der Waals surface area contributed by atoms with E-state index < -0.39 is 0 Å². The molecule has 0 amide bonds. The lowest BCUT2D eigenvalue weighted by atomic mass is 10.2. The smallest absolute Gasteiger partial charge is 0.129 e. The van der Waals surface area contributed by atoms with Gasteiger partial charge in [-0.2, -0.15) is 0 Å². The van der Waals surface area contributed by atoms with Gasteiger partial charge >= 0.3 is 0 Å². The molecule has 21 heavy (non-hydrogen) atoms. The van der Waals surface area contributed by atoms with Crippen molar-refractivity contribution in [1.29, 1.82) is 0 Å². The molecule has 0 aliphatic heterocycles. The van der Waals surface area contributed by atoms with Crippen LogP contribution in [-0.2, 0) is 6.54 Å². The van der Waals surface area contributed by atoms with Gasteiger partial charge in [0.2, 0.25) is 0 Å². The number of benzene rings is 2. The van der Waals surface area contributed by atoms with Crippen molar-refractivity contribution in [2.24, 2.45) is 0 Å². The average Bonchev–Trinajstić information content (AvgIpc) is 2.85. The molecule has 0 saturated carbocycles. The normalized spacial score (nSPS) is 11.2. The summed E-state index contributed by atoms with van der Waals surface area (Å²) in [4.78, 5) is 0. The highest BCUT2D eigenvalue weighted by Gasteiger charge is 2.09. The highest BCUT2D eigenvalue weighted by Crippen LogP contribution is 2.28. The first kappa shape index (κ1) is 14.2. The van der Waals surface area contributed by atoms with Crippen molar-refractivity contribution in [1.82, 2.24) is 4.57 Å². The summed E-state index contributed by atoms with van der Waals surface area (Å²) < 4.78 is 9.28. The van der Waals surface area contributed by atoms with Crippen LogP contribution in [0.2, 0.25) is 0 Å². The van der Waals surface area contributed by atoms with Crippen LogP contribution in [0.5, 0.6) is 5.75 Å². The molecule has 1 aromatic heterocycles. The van der Waals surface area contributed by atoms with E-state index in [0.717, 1.165) is 16.8 Å². The Morgan fingerprint density at radius 1 is 1.05 bits per heavy atom. The van der Waals surface area contributed by atoms with E-state index >= 15 is 0 Å². The van der Waals surface area contributed by atoms with Crippen molar-refractivity contribution in [2.45, 2.75) is 26.5 Å². The number of hydrogen-bond donors (Lipinski definition) is 0. The molecule has 108 valence electrons. The van der Waals surface area contributed by atoms with Crippen LogP contribution < -0.4 is 4.74 Å². The number of fused-ring (bicyclic) bond motifs is 1. The number of aromatic nitrogens is 1. The molecule has 0 aliphatic rings. The molecule has 0 bridgehead atoms. The monoisotopic (exact) mass is 343 g/mol. The van der Waals surface area contributed by atoms with Crippen molar-refractivity contribution in [3.63, 3.8) is 0 Å². The van der Waals surface area contributed by atoms with Crippen LogP contribution in [0.1, 0.15) is 19.4 Å². The molecule has 0 N–H and O–H groups in total. The summed E-state index contributed by atoms with van der Waals surface area (Å²) in [5, 5.41) is 1.17. The fraction of sp³-hybridized carbons (Fsp3) is 0.222. The van der Waals surface area contributed by atoms with Crippen molar-refractivity contribution < 1.29 is 4.74 Å². The van der Waals surface area contributed by atoms with Crippen LogP contribution in [0.25, 0.3) is 10.9 Å². The Bertz CT molecular complexity index is 761. The van der Waals surface area contributed by atoms with Gasteiger partial charge in [-0.1, -0.05) is 40.2 Å². The lowest BCUT2D eigenvalue weighted by Gasteiger charge is -2.12. The molecule has 0 radical (unpaired) electrons. The van der Waals surface area contributed by atoms with E-state index in [2.05, 4.69) is 76.9 Å². The summed E-state index contributed by atoms with van der Waals surface area (Å²) in [6, 6.07) is 16.7. The van der Waals surface area contributed by atoms with Crippen molar-refractivity contribution in [3.05, 3.63) is 64.8 Å². The molecule has 1 heterocycles. The van der Waals surface area contributed by atoms with Crippen LogP contribution in [0.15, 0.2) is 59.2 Å². The number of rotatable bonds is 4. The molecule has 0 spiro atoms. The number of hydrogen-bond acceptors (Lipinski definition) is 1. The van der Waals surface area contributed by atoms with Gasteiger partial charge in [0.1, 0.15) is 5.75 Å².